The van der Waals surface area contributed by atoms with E-state index in [1.807, 2.05) is 18.2 Å². The fraction of sp³-hybridized carbons (Fsp3) is 0.500. The lowest BCUT2D eigenvalue weighted by molar-refractivity contribution is 0.595. The Balaban J connectivity index is 2.27. The molecule has 0 amide bonds. The number of hydrogen-bond acceptors (Lipinski definition) is 3. The van der Waals surface area contributed by atoms with E-state index in [9.17, 15) is 8.42 Å². The van der Waals surface area contributed by atoms with Crippen LogP contribution in [0.25, 0.3) is 0 Å². The second-order valence-electron chi connectivity index (χ2n) is 4.40. The standard InChI is InChI=1S/C14H23N3O2S/c1-3-20(18,19)12-11-17-14(15-2)16-10-9-13-7-5-4-6-8-13/h4-8H,3,9-12H2,1-2H3,(H2,15,16,17). The topological polar surface area (TPSA) is 70.6 Å². The number of benzene rings is 1. The van der Waals surface area contributed by atoms with Crippen molar-refractivity contribution < 1.29 is 8.42 Å². The average molecular weight is 297 g/mol. The minimum absolute atomic E-state index is 0.128. The highest BCUT2D eigenvalue weighted by atomic mass is 32.2. The second kappa shape index (κ2) is 8.58. The van der Waals surface area contributed by atoms with Gasteiger partial charge in [-0.15, -0.1) is 0 Å². The second-order valence-corrected chi connectivity index (χ2v) is 6.87. The number of sulfone groups is 1. The molecule has 0 bridgehead atoms. The summed E-state index contributed by atoms with van der Waals surface area (Å²) in [7, 11) is -1.26. The minimum atomic E-state index is -2.93. The van der Waals surface area contributed by atoms with Crippen LogP contribution in [0.1, 0.15) is 12.5 Å². The summed E-state index contributed by atoms with van der Waals surface area (Å²) in [4.78, 5) is 4.06. The highest BCUT2D eigenvalue weighted by Crippen LogP contribution is 1.97. The van der Waals surface area contributed by atoms with E-state index in [4.69, 9.17) is 0 Å². The highest BCUT2D eigenvalue weighted by molar-refractivity contribution is 7.91. The van der Waals surface area contributed by atoms with E-state index in [2.05, 4.69) is 27.8 Å². The van der Waals surface area contributed by atoms with E-state index < -0.39 is 9.84 Å². The molecule has 0 aliphatic heterocycles. The monoisotopic (exact) mass is 297 g/mol. The maximum absolute atomic E-state index is 11.4. The first-order valence-corrected chi connectivity index (χ1v) is 8.58. The van der Waals surface area contributed by atoms with Crippen molar-refractivity contribution in [2.75, 3.05) is 31.6 Å². The highest BCUT2D eigenvalue weighted by Gasteiger charge is 2.07. The number of nitrogens with one attached hydrogen (secondary N) is 2. The third kappa shape index (κ3) is 6.56. The van der Waals surface area contributed by atoms with E-state index >= 15 is 0 Å². The summed E-state index contributed by atoms with van der Waals surface area (Å²) >= 11 is 0. The molecule has 2 N–H and O–H groups in total. The Hall–Kier alpha value is -1.56. The van der Waals surface area contributed by atoms with Crippen LogP contribution in [0.15, 0.2) is 35.3 Å². The third-order valence-electron chi connectivity index (χ3n) is 2.92. The van der Waals surface area contributed by atoms with E-state index in [-0.39, 0.29) is 11.5 Å². The minimum Gasteiger partial charge on any atom is -0.356 e. The van der Waals surface area contributed by atoms with Crippen molar-refractivity contribution in [3.8, 4) is 0 Å². The summed E-state index contributed by atoms with van der Waals surface area (Å²) < 4.78 is 22.7. The SMILES string of the molecule is CCS(=O)(=O)CCNC(=NC)NCCc1ccccc1. The summed E-state index contributed by atoms with van der Waals surface area (Å²) in [5.41, 5.74) is 1.25. The summed E-state index contributed by atoms with van der Waals surface area (Å²) in [6, 6.07) is 10.2. The van der Waals surface area contributed by atoms with Crippen LogP contribution in [0.5, 0.6) is 0 Å². The predicted molar refractivity (Wildman–Crippen MR) is 83.8 cm³/mol. The average Bonchev–Trinajstić information content (AvgIpc) is 2.46. The molecule has 5 nitrogen and oxygen atoms in total. The van der Waals surface area contributed by atoms with Gasteiger partial charge >= 0.3 is 0 Å². The molecule has 1 rings (SSSR count). The number of aliphatic imine (C=N–C) groups is 1. The molecule has 112 valence electrons. The summed E-state index contributed by atoms with van der Waals surface area (Å²) in [6.45, 7) is 2.79. The van der Waals surface area contributed by atoms with Crippen molar-refractivity contribution in [2.45, 2.75) is 13.3 Å². The van der Waals surface area contributed by atoms with Crippen molar-refractivity contribution >= 4 is 15.8 Å². The van der Waals surface area contributed by atoms with Gasteiger partial charge in [0, 0.05) is 25.9 Å². The van der Waals surface area contributed by atoms with Crippen molar-refractivity contribution in [1.29, 1.82) is 0 Å². The quantitative estimate of drug-likeness (QED) is 0.578. The molecule has 0 spiro atoms. The lowest BCUT2D eigenvalue weighted by Crippen LogP contribution is -2.40. The van der Waals surface area contributed by atoms with Crippen LogP contribution >= 0.6 is 0 Å². The first kappa shape index (κ1) is 16.5. The molecular weight excluding hydrogens is 274 g/mol. The van der Waals surface area contributed by atoms with Gasteiger partial charge in [0.05, 0.1) is 5.75 Å². The first-order chi connectivity index (χ1) is 9.57. The van der Waals surface area contributed by atoms with Crippen molar-refractivity contribution in [2.24, 2.45) is 4.99 Å². The lowest BCUT2D eigenvalue weighted by Gasteiger charge is -2.11. The normalized spacial score (nSPS) is 12.2. The molecule has 0 saturated heterocycles. The number of hydrogen-bond donors (Lipinski definition) is 2. The van der Waals surface area contributed by atoms with Gasteiger partial charge < -0.3 is 10.6 Å². The molecule has 20 heavy (non-hydrogen) atoms. The first-order valence-electron chi connectivity index (χ1n) is 6.76. The summed E-state index contributed by atoms with van der Waals surface area (Å²) in [5.74, 6) is 0.935. The molecule has 1 aromatic carbocycles. The molecule has 0 fully saturated rings. The van der Waals surface area contributed by atoms with Crippen LogP contribution in [0, 0.1) is 0 Å². The molecule has 0 aliphatic rings. The Morgan fingerprint density at radius 2 is 1.80 bits per heavy atom. The zero-order chi connectivity index (χ0) is 14.8. The van der Waals surface area contributed by atoms with Crippen molar-refractivity contribution in [3.05, 3.63) is 35.9 Å². The van der Waals surface area contributed by atoms with Gasteiger partial charge in [0.15, 0.2) is 15.8 Å². The van der Waals surface area contributed by atoms with Gasteiger partial charge in [0.2, 0.25) is 0 Å². The van der Waals surface area contributed by atoms with Crippen LogP contribution < -0.4 is 10.6 Å². The number of rotatable bonds is 7. The third-order valence-corrected chi connectivity index (χ3v) is 4.62. The maximum Gasteiger partial charge on any atom is 0.191 e. The van der Waals surface area contributed by atoms with E-state index in [1.54, 1.807) is 14.0 Å². The van der Waals surface area contributed by atoms with Gasteiger partial charge in [-0.2, -0.15) is 0 Å². The Morgan fingerprint density at radius 1 is 1.15 bits per heavy atom. The number of guanidine groups is 1. The molecule has 0 saturated carbocycles. The zero-order valence-electron chi connectivity index (χ0n) is 12.1. The summed E-state index contributed by atoms with van der Waals surface area (Å²) in [5, 5.41) is 6.17. The Labute approximate surface area is 121 Å². The van der Waals surface area contributed by atoms with Crippen molar-refractivity contribution in [3.63, 3.8) is 0 Å². The van der Waals surface area contributed by atoms with Gasteiger partial charge in [-0.3, -0.25) is 4.99 Å². The number of nitrogens with zero attached hydrogens (tertiary/aromatic N) is 1. The maximum atomic E-state index is 11.4. The molecule has 1 aromatic rings. The Morgan fingerprint density at radius 3 is 2.40 bits per heavy atom. The smallest absolute Gasteiger partial charge is 0.191 e. The molecule has 0 aliphatic carbocycles. The zero-order valence-corrected chi connectivity index (χ0v) is 12.9. The molecular formula is C14H23N3O2S. The van der Waals surface area contributed by atoms with Crippen LogP contribution in [0.2, 0.25) is 0 Å². The predicted octanol–water partition coefficient (Wildman–Crippen LogP) is 0.829. The van der Waals surface area contributed by atoms with Gasteiger partial charge in [0.25, 0.3) is 0 Å². The molecule has 0 unspecified atom stereocenters. The van der Waals surface area contributed by atoms with Gasteiger partial charge in [-0.05, 0) is 12.0 Å². The van der Waals surface area contributed by atoms with E-state index in [0.29, 0.717) is 12.5 Å². The Bertz CT molecular complexity index is 512. The molecule has 0 atom stereocenters. The van der Waals surface area contributed by atoms with Crippen LogP contribution in [-0.4, -0.2) is 46.0 Å². The van der Waals surface area contributed by atoms with Gasteiger partial charge in [0.1, 0.15) is 0 Å². The van der Waals surface area contributed by atoms with Crippen LogP contribution in [0.3, 0.4) is 0 Å². The molecule has 0 heterocycles. The van der Waals surface area contributed by atoms with Crippen LogP contribution in [-0.2, 0) is 16.3 Å². The summed E-state index contributed by atoms with van der Waals surface area (Å²) in [6.07, 6.45) is 0.898. The fourth-order valence-corrected chi connectivity index (χ4v) is 2.36. The van der Waals surface area contributed by atoms with Crippen molar-refractivity contribution in [1.82, 2.24) is 10.6 Å². The van der Waals surface area contributed by atoms with Gasteiger partial charge in [-0.25, -0.2) is 8.42 Å². The van der Waals surface area contributed by atoms with E-state index in [1.165, 1.54) is 5.56 Å². The van der Waals surface area contributed by atoms with E-state index in [0.717, 1.165) is 13.0 Å². The largest absolute Gasteiger partial charge is 0.356 e. The fourth-order valence-electron chi connectivity index (χ4n) is 1.66. The lowest BCUT2D eigenvalue weighted by atomic mass is 10.1. The molecule has 0 radical (unpaired) electrons. The van der Waals surface area contributed by atoms with Gasteiger partial charge in [-0.1, -0.05) is 37.3 Å². The molecule has 6 heteroatoms. The van der Waals surface area contributed by atoms with Crippen LogP contribution in [0.4, 0.5) is 0 Å². The molecule has 0 aromatic heterocycles. The Kier molecular flexibility index (Phi) is 7.08.